The van der Waals surface area contributed by atoms with E-state index in [0.717, 1.165) is 7.11 Å². The van der Waals surface area contributed by atoms with E-state index in [0.29, 0.717) is 0 Å². The Morgan fingerprint density at radius 2 is 1.75 bits per heavy atom. The van der Waals surface area contributed by atoms with Crippen LogP contribution in [0.2, 0.25) is 0 Å². The van der Waals surface area contributed by atoms with E-state index < -0.39 is 17.7 Å². The van der Waals surface area contributed by atoms with Crippen LogP contribution in [0, 0.1) is 0 Å². The van der Waals surface area contributed by atoms with E-state index in [1.807, 2.05) is 0 Å². The van der Waals surface area contributed by atoms with E-state index in [2.05, 4.69) is 4.74 Å². The number of rotatable bonds is 1. The molecule has 0 aliphatic rings. The van der Waals surface area contributed by atoms with Gasteiger partial charge in [0.25, 0.3) is 0 Å². The summed E-state index contributed by atoms with van der Waals surface area (Å²) in [6.07, 6.45) is -4.65. The molecule has 0 saturated heterocycles. The summed E-state index contributed by atoms with van der Waals surface area (Å²) >= 11 is 2.83. The molecule has 0 bridgehead atoms. The van der Waals surface area contributed by atoms with Crippen LogP contribution in [0.5, 0.6) is 0 Å². The zero-order valence-corrected chi connectivity index (χ0v) is 10.0. The lowest BCUT2D eigenvalue weighted by atomic mass is 10.3. The highest BCUT2D eigenvalue weighted by molar-refractivity contribution is 14.2. The Bertz CT molecular complexity index is 217. The van der Waals surface area contributed by atoms with Crippen molar-refractivity contribution >= 4 is 51.2 Å². The van der Waals surface area contributed by atoms with Crippen molar-refractivity contribution in [2.45, 2.75) is 6.18 Å². The molecule has 0 radical (unpaired) electrons. The highest BCUT2D eigenvalue weighted by atomic mass is 127. The van der Waals surface area contributed by atoms with Gasteiger partial charge in [0.15, 0.2) is 5.57 Å². The van der Waals surface area contributed by atoms with Crippen LogP contribution in [0.15, 0.2) is 7.16 Å². The van der Waals surface area contributed by atoms with Crippen molar-refractivity contribution in [3.05, 3.63) is 7.16 Å². The van der Waals surface area contributed by atoms with Crippen LogP contribution < -0.4 is 0 Å². The van der Waals surface area contributed by atoms with E-state index in [1.165, 1.54) is 45.2 Å². The number of hydrogen-bond donors (Lipinski definition) is 0. The molecule has 0 aliphatic carbocycles. The van der Waals surface area contributed by atoms with E-state index >= 15 is 0 Å². The third-order valence-corrected chi connectivity index (χ3v) is 1.94. The van der Waals surface area contributed by atoms with Crippen molar-refractivity contribution in [2.24, 2.45) is 0 Å². The Hall–Kier alpha value is 0.460. The highest BCUT2D eigenvalue weighted by Gasteiger charge is 2.41. The molecule has 0 aromatic heterocycles. The summed E-state index contributed by atoms with van der Waals surface area (Å²) in [6.45, 7) is 0. The molecule has 0 rings (SSSR count). The summed E-state index contributed by atoms with van der Waals surface area (Å²) in [5.41, 5.74) is -1.26. The molecule has 0 atom stereocenters. The smallest absolute Gasteiger partial charge is 0.424 e. The van der Waals surface area contributed by atoms with Gasteiger partial charge in [-0.1, -0.05) is 0 Å². The maximum atomic E-state index is 12.0. The molecule has 0 N–H and O–H groups in total. The first-order chi connectivity index (χ1) is 5.30. The predicted molar refractivity (Wildman–Crippen MR) is 53.1 cm³/mol. The van der Waals surface area contributed by atoms with Gasteiger partial charge in [-0.15, -0.1) is 0 Å². The van der Waals surface area contributed by atoms with E-state index in [9.17, 15) is 18.0 Å². The standard InChI is InChI=1S/C5H3F3I2O2/c1-12-4(11)2(3(9)10)5(6,7)8/h1H3. The van der Waals surface area contributed by atoms with Gasteiger partial charge in [-0.3, -0.25) is 0 Å². The van der Waals surface area contributed by atoms with Crippen LogP contribution in [0.1, 0.15) is 0 Å². The number of carbonyl (C=O) groups excluding carboxylic acids is 1. The van der Waals surface area contributed by atoms with Gasteiger partial charge in [0.05, 0.1) is 8.70 Å². The van der Waals surface area contributed by atoms with E-state index in [1.54, 1.807) is 0 Å². The van der Waals surface area contributed by atoms with Crippen molar-refractivity contribution in [3.63, 3.8) is 0 Å². The molecule has 0 amide bonds. The molecule has 7 heteroatoms. The first-order valence-corrected chi connectivity index (χ1v) is 4.67. The molecule has 0 saturated carbocycles. The van der Waals surface area contributed by atoms with Crippen LogP contribution in [-0.2, 0) is 9.53 Å². The zero-order chi connectivity index (χ0) is 9.94. The molecule has 0 heterocycles. The minimum Gasteiger partial charge on any atom is -0.465 e. The fraction of sp³-hybridized carbons (Fsp3) is 0.400. The monoisotopic (exact) mass is 406 g/mol. The summed E-state index contributed by atoms with van der Waals surface area (Å²) in [4.78, 5) is 10.6. The predicted octanol–water partition coefficient (Wildman–Crippen LogP) is 2.80. The van der Waals surface area contributed by atoms with Crippen LogP contribution in [0.3, 0.4) is 0 Å². The Balaban J connectivity index is 4.97. The van der Waals surface area contributed by atoms with Gasteiger partial charge in [0.2, 0.25) is 0 Å². The Morgan fingerprint density at radius 3 is 1.83 bits per heavy atom. The van der Waals surface area contributed by atoms with Crippen molar-refractivity contribution in [1.82, 2.24) is 0 Å². The summed E-state index contributed by atoms with van der Waals surface area (Å²) in [6, 6.07) is 0. The second-order valence-corrected chi connectivity index (χ2v) is 5.85. The molecule has 0 aromatic rings. The lowest BCUT2D eigenvalue weighted by molar-refractivity contribution is -0.147. The lowest BCUT2D eigenvalue weighted by Crippen LogP contribution is -2.21. The quantitative estimate of drug-likeness (QED) is 0.381. The van der Waals surface area contributed by atoms with Crippen LogP contribution in [-0.4, -0.2) is 19.3 Å². The minimum atomic E-state index is -4.65. The van der Waals surface area contributed by atoms with Gasteiger partial charge in [0.1, 0.15) is 0 Å². The molecule has 0 spiro atoms. The largest absolute Gasteiger partial charge is 0.465 e. The van der Waals surface area contributed by atoms with Gasteiger partial charge in [0, 0.05) is 0 Å². The number of methoxy groups -OCH3 is 1. The van der Waals surface area contributed by atoms with E-state index in [4.69, 9.17) is 0 Å². The molecule has 70 valence electrons. The summed E-state index contributed by atoms with van der Waals surface area (Å²) in [5.74, 6) is -1.36. The van der Waals surface area contributed by atoms with Crippen molar-refractivity contribution in [3.8, 4) is 0 Å². The summed E-state index contributed by atoms with van der Waals surface area (Å²) in [5, 5.41) is 0. The second-order valence-electron chi connectivity index (χ2n) is 1.62. The van der Waals surface area contributed by atoms with Crippen LogP contribution in [0.4, 0.5) is 13.2 Å². The fourth-order valence-electron chi connectivity index (χ4n) is 0.402. The molecule has 0 unspecified atom stereocenters. The van der Waals surface area contributed by atoms with Gasteiger partial charge >= 0.3 is 12.1 Å². The Kier molecular flexibility index (Phi) is 4.81. The maximum Gasteiger partial charge on any atom is 0.424 e. The third-order valence-electron chi connectivity index (χ3n) is 0.862. The molecular formula is C5H3F3I2O2. The van der Waals surface area contributed by atoms with Gasteiger partial charge in [-0.05, 0) is 45.2 Å². The number of carbonyl (C=O) groups is 1. The molecule has 0 aliphatic heterocycles. The van der Waals surface area contributed by atoms with Crippen LogP contribution in [0.25, 0.3) is 0 Å². The first kappa shape index (κ1) is 12.5. The summed E-state index contributed by atoms with van der Waals surface area (Å²) < 4.78 is 39.9. The Morgan fingerprint density at radius 1 is 1.33 bits per heavy atom. The normalized spacial score (nSPS) is 10.8. The lowest BCUT2D eigenvalue weighted by Gasteiger charge is -2.09. The van der Waals surface area contributed by atoms with Crippen molar-refractivity contribution < 1.29 is 22.7 Å². The topological polar surface area (TPSA) is 26.3 Å². The van der Waals surface area contributed by atoms with E-state index in [-0.39, 0.29) is 1.59 Å². The molecular weight excluding hydrogens is 403 g/mol. The van der Waals surface area contributed by atoms with Gasteiger partial charge in [-0.2, -0.15) is 13.2 Å². The van der Waals surface area contributed by atoms with Crippen molar-refractivity contribution in [1.29, 1.82) is 0 Å². The average Bonchev–Trinajstić information content (AvgIpc) is 1.83. The number of ether oxygens (including phenoxy) is 1. The van der Waals surface area contributed by atoms with Crippen LogP contribution >= 0.6 is 45.2 Å². The average molecular weight is 406 g/mol. The molecule has 2 nitrogen and oxygen atoms in total. The zero-order valence-electron chi connectivity index (χ0n) is 5.71. The number of hydrogen-bond acceptors (Lipinski definition) is 2. The Labute approximate surface area is 93.8 Å². The van der Waals surface area contributed by atoms with Crippen molar-refractivity contribution in [2.75, 3.05) is 7.11 Å². The second kappa shape index (κ2) is 4.63. The SMILES string of the molecule is COC(=O)C(=C(I)I)C(F)(F)F. The number of esters is 1. The number of halogens is 5. The summed E-state index contributed by atoms with van der Waals surface area (Å²) in [7, 11) is 0.907. The molecule has 0 aromatic carbocycles. The highest BCUT2D eigenvalue weighted by Crippen LogP contribution is 2.34. The first-order valence-electron chi connectivity index (χ1n) is 2.51. The molecule has 0 fully saturated rings. The fourth-order valence-corrected chi connectivity index (χ4v) is 1.45. The van der Waals surface area contributed by atoms with Gasteiger partial charge in [-0.25, -0.2) is 4.79 Å². The molecule has 12 heavy (non-hydrogen) atoms. The van der Waals surface area contributed by atoms with Gasteiger partial charge < -0.3 is 4.74 Å². The maximum absolute atomic E-state index is 12.0. The minimum absolute atomic E-state index is 0.162. The third kappa shape index (κ3) is 3.46. The number of alkyl halides is 3.